The molecule has 1 heterocycles. The van der Waals surface area contributed by atoms with Crippen LogP contribution >= 0.6 is 0 Å². The fourth-order valence-corrected chi connectivity index (χ4v) is 2.68. The summed E-state index contributed by atoms with van der Waals surface area (Å²) in [5.41, 5.74) is 0.969. The summed E-state index contributed by atoms with van der Waals surface area (Å²) in [6.45, 7) is 4.43. The normalized spacial score (nSPS) is 24.7. The lowest BCUT2D eigenvalue weighted by Crippen LogP contribution is -2.41. The quantitative estimate of drug-likeness (QED) is 0.855. The van der Waals surface area contributed by atoms with Gasteiger partial charge in [0.1, 0.15) is 0 Å². The van der Waals surface area contributed by atoms with Crippen LogP contribution in [0.2, 0.25) is 0 Å². The lowest BCUT2D eigenvalue weighted by Gasteiger charge is -2.35. The Morgan fingerprint density at radius 2 is 2.00 bits per heavy atom. The van der Waals surface area contributed by atoms with E-state index in [0.29, 0.717) is 12.5 Å². The molecule has 1 aliphatic heterocycles. The summed E-state index contributed by atoms with van der Waals surface area (Å²) in [5, 5.41) is 19.9. The summed E-state index contributed by atoms with van der Waals surface area (Å²) in [6, 6.07) is 9.78. The predicted octanol–water partition coefficient (Wildman–Crippen LogP) is 1.81. The van der Waals surface area contributed by atoms with Crippen LogP contribution in [0.5, 0.6) is 0 Å². The van der Waals surface area contributed by atoms with Crippen LogP contribution in [0, 0.1) is 5.92 Å². The van der Waals surface area contributed by atoms with Crippen molar-refractivity contribution < 1.29 is 10.2 Å². The van der Waals surface area contributed by atoms with Gasteiger partial charge >= 0.3 is 0 Å². The van der Waals surface area contributed by atoms with E-state index >= 15 is 0 Å². The summed E-state index contributed by atoms with van der Waals surface area (Å²) in [4.78, 5) is 2.26. The first-order valence-electron chi connectivity index (χ1n) is 6.80. The molecule has 1 fully saturated rings. The number of nitrogens with zero attached hydrogens (tertiary/aromatic N) is 1. The van der Waals surface area contributed by atoms with E-state index in [1.54, 1.807) is 0 Å². The average molecular weight is 249 g/mol. The number of piperidine rings is 1. The maximum atomic E-state index is 10.2. The Labute approximate surface area is 109 Å². The zero-order chi connectivity index (χ0) is 13.0. The van der Waals surface area contributed by atoms with Crippen molar-refractivity contribution in [1.29, 1.82) is 0 Å². The number of hydrogen-bond acceptors (Lipinski definition) is 3. The molecular formula is C15H23NO2. The maximum Gasteiger partial charge on any atom is 0.0916 e. The van der Waals surface area contributed by atoms with E-state index in [9.17, 15) is 10.2 Å². The van der Waals surface area contributed by atoms with Gasteiger partial charge in [0.05, 0.1) is 12.2 Å². The fourth-order valence-electron chi connectivity index (χ4n) is 2.68. The summed E-state index contributed by atoms with van der Waals surface area (Å²) in [7, 11) is 0. The minimum Gasteiger partial charge on any atom is -0.393 e. The molecule has 1 aliphatic rings. The van der Waals surface area contributed by atoms with Crippen LogP contribution in [0.3, 0.4) is 0 Å². The smallest absolute Gasteiger partial charge is 0.0916 e. The number of rotatable bonds is 4. The molecule has 1 aromatic rings. The van der Waals surface area contributed by atoms with Gasteiger partial charge in [0.25, 0.3) is 0 Å². The van der Waals surface area contributed by atoms with Gasteiger partial charge in [-0.3, -0.25) is 0 Å². The van der Waals surface area contributed by atoms with E-state index in [4.69, 9.17) is 0 Å². The summed E-state index contributed by atoms with van der Waals surface area (Å²) in [5.74, 6) is 0.349. The first-order valence-corrected chi connectivity index (χ1v) is 6.80. The molecule has 0 aliphatic carbocycles. The van der Waals surface area contributed by atoms with Gasteiger partial charge in [0, 0.05) is 13.1 Å². The Morgan fingerprint density at radius 1 is 1.28 bits per heavy atom. The SMILES string of the molecule is CC(O)C1CCCN(CC(O)c2ccccc2)C1. The van der Waals surface area contributed by atoms with Crippen LogP contribution in [0.1, 0.15) is 31.4 Å². The van der Waals surface area contributed by atoms with E-state index in [1.165, 1.54) is 0 Å². The van der Waals surface area contributed by atoms with Crippen LogP contribution in [-0.4, -0.2) is 40.9 Å². The average Bonchev–Trinajstić information content (AvgIpc) is 2.40. The van der Waals surface area contributed by atoms with Gasteiger partial charge in [-0.15, -0.1) is 0 Å². The van der Waals surface area contributed by atoms with Crippen LogP contribution in [0.15, 0.2) is 30.3 Å². The molecule has 1 saturated heterocycles. The van der Waals surface area contributed by atoms with Crippen molar-refractivity contribution in [2.75, 3.05) is 19.6 Å². The third-order valence-electron chi connectivity index (χ3n) is 3.84. The molecule has 0 bridgehead atoms. The second kappa shape index (κ2) is 6.32. The molecular weight excluding hydrogens is 226 g/mol. The molecule has 0 aromatic heterocycles. The number of aliphatic hydroxyl groups is 2. The zero-order valence-corrected chi connectivity index (χ0v) is 11.0. The maximum absolute atomic E-state index is 10.2. The minimum atomic E-state index is -0.432. The molecule has 2 N–H and O–H groups in total. The molecule has 1 aromatic carbocycles. The van der Waals surface area contributed by atoms with Gasteiger partial charge in [-0.25, -0.2) is 0 Å². The van der Waals surface area contributed by atoms with Crippen molar-refractivity contribution in [3.05, 3.63) is 35.9 Å². The lowest BCUT2D eigenvalue weighted by atomic mass is 9.93. The van der Waals surface area contributed by atoms with Crippen LogP contribution < -0.4 is 0 Å². The van der Waals surface area contributed by atoms with Crippen molar-refractivity contribution in [2.24, 2.45) is 5.92 Å². The third kappa shape index (κ3) is 3.55. The molecule has 100 valence electrons. The molecule has 3 unspecified atom stereocenters. The van der Waals surface area contributed by atoms with Gasteiger partial charge in [0.2, 0.25) is 0 Å². The highest BCUT2D eigenvalue weighted by atomic mass is 16.3. The van der Waals surface area contributed by atoms with Crippen molar-refractivity contribution in [3.63, 3.8) is 0 Å². The van der Waals surface area contributed by atoms with Gasteiger partial charge in [-0.05, 0) is 37.8 Å². The Hall–Kier alpha value is -0.900. The number of benzene rings is 1. The van der Waals surface area contributed by atoms with Crippen molar-refractivity contribution in [1.82, 2.24) is 4.90 Å². The van der Waals surface area contributed by atoms with Crippen molar-refractivity contribution in [2.45, 2.75) is 32.0 Å². The largest absolute Gasteiger partial charge is 0.393 e. The molecule has 0 saturated carbocycles. The molecule has 3 atom stereocenters. The van der Waals surface area contributed by atoms with E-state index in [1.807, 2.05) is 37.3 Å². The number of β-amino-alcohol motifs (C(OH)–C–C–N with tert-alkyl or cyclic N) is 1. The molecule has 2 rings (SSSR count). The Morgan fingerprint density at radius 3 is 2.67 bits per heavy atom. The molecule has 3 heteroatoms. The summed E-state index contributed by atoms with van der Waals surface area (Å²) >= 11 is 0. The highest BCUT2D eigenvalue weighted by Crippen LogP contribution is 2.22. The van der Waals surface area contributed by atoms with Crippen LogP contribution in [0.4, 0.5) is 0 Å². The van der Waals surface area contributed by atoms with Crippen LogP contribution in [0.25, 0.3) is 0 Å². The first kappa shape index (κ1) is 13.5. The third-order valence-corrected chi connectivity index (χ3v) is 3.84. The first-order chi connectivity index (χ1) is 8.66. The number of likely N-dealkylation sites (tertiary alicyclic amines) is 1. The van der Waals surface area contributed by atoms with E-state index in [2.05, 4.69) is 4.90 Å². The van der Waals surface area contributed by atoms with Gasteiger partial charge in [0.15, 0.2) is 0 Å². The predicted molar refractivity (Wildman–Crippen MR) is 72.2 cm³/mol. The molecule has 18 heavy (non-hydrogen) atoms. The standard InChI is InChI=1S/C15H23NO2/c1-12(17)14-8-5-9-16(10-14)11-15(18)13-6-3-2-4-7-13/h2-4,6-7,12,14-15,17-18H,5,8-11H2,1H3. The van der Waals surface area contributed by atoms with Crippen molar-refractivity contribution in [3.8, 4) is 0 Å². The second-order valence-corrected chi connectivity index (χ2v) is 5.33. The molecule has 0 radical (unpaired) electrons. The van der Waals surface area contributed by atoms with Gasteiger partial charge < -0.3 is 15.1 Å². The molecule has 3 nitrogen and oxygen atoms in total. The Balaban J connectivity index is 1.89. The highest BCUT2D eigenvalue weighted by Gasteiger charge is 2.24. The van der Waals surface area contributed by atoms with Gasteiger partial charge in [-0.1, -0.05) is 30.3 Å². The Kier molecular flexibility index (Phi) is 4.75. The summed E-state index contributed by atoms with van der Waals surface area (Å²) < 4.78 is 0. The van der Waals surface area contributed by atoms with E-state index in [0.717, 1.165) is 31.5 Å². The lowest BCUT2D eigenvalue weighted by molar-refractivity contribution is 0.0377. The minimum absolute atomic E-state index is 0.248. The van der Waals surface area contributed by atoms with E-state index in [-0.39, 0.29) is 6.10 Å². The molecule has 0 spiro atoms. The highest BCUT2D eigenvalue weighted by molar-refractivity contribution is 5.17. The van der Waals surface area contributed by atoms with Crippen molar-refractivity contribution >= 4 is 0 Å². The van der Waals surface area contributed by atoms with Crippen LogP contribution in [-0.2, 0) is 0 Å². The number of hydrogen-bond donors (Lipinski definition) is 2. The van der Waals surface area contributed by atoms with E-state index < -0.39 is 6.10 Å². The Bertz CT molecular complexity index is 353. The monoisotopic (exact) mass is 249 g/mol. The van der Waals surface area contributed by atoms with Gasteiger partial charge in [-0.2, -0.15) is 0 Å². The summed E-state index contributed by atoms with van der Waals surface area (Å²) in [6.07, 6.45) is 1.52. The molecule has 0 amide bonds. The zero-order valence-electron chi connectivity index (χ0n) is 11.0. The topological polar surface area (TPSA) is 43.7 Å². The second-order valence-electron chi connectivity index (χ2n) is 5.33. The fraction of sp³-hybridized carbons (Fsp3) is 0.600. The number of aliphatic hydroxyl groups excluding tert-OH is 2.